The van der Waals surface area contributed by atoms with Crippen LogP contribution in [0.3, 0.4) is 0 Å². The predicted molar refractivity (Wildman–Crippen MR) is 121 cm³/mol. The van der Waals surface area contributed by atoms with E-state index in [1.165, 1.54) is 6.92 Å². The van der Waals surface area contributed by atoms with Crippen molar-refractivity contribution >= 4 is 29.7 Å². The molecule has 0 bridgehead atoms. The zero-order valence-electron chi connectivity index (χ0n) is 19.6. The Bertz CT molecular complexity index is 677. The first-order valence-electron chi connectivity index (χ1n) is 10.7. The Morgan fingerprint density at radius 1 is 0.906 bits per heavy atom. The molecule has 0 radical (unpaired) electrons. The summed E-state index contributed by atoms with van der Waals surface area (Å²) >= 11 is 0. The van der Waals surface area contributed by atoms with Crippen molar-refractivity contribution in [3.63, 3.8) is 0 Å². The number of hydrogen-bond donors (Lipinski definition) is 7. The number of nitrogens with zero attached hydrogens (tertiary/aromatic N) is 1. The topological polar surface area (TPSA) is 215 Å². The van der Waals surface area contributed by atoms with Gasteiger partial charge in [-0.25, -0.2) is 4.79 Å². The highest BCUT2D eigenvalue weighted by atomic mass is 16.4. The summed E-state index contributed by atoms with van der Waals surface area (Å²) in [5.74, 6) is -3.11. The molecule has 184 valence electrons. The molecule has 12 heteroatoms. The largest absolute Gasteiger partial charge is 0.480 e. The number of carbonyl (C=O) groups excluding carboxylic acids is 3. The minimum absolute atomic E-state index is 0.102. The van der Waals surface area contributed by atoms with Gasteiger partial charge in [-0.1, -0.05) is 27.7 Å². The van der Waals surface area contributed by atoms with Crippen LogP contribution in [0.15, 0.2) is 4.99 Å². The van der Waals surface area contributed by atoms with E-state index in [9.17, 15) is 24.3 Å². The van der Waals surface area contributed by atoms with E-state index in [2.05, 4.69) is 20.9 Å². The Balaban J connectivity index is 4.99. The van der Waals surface area contributed by atoms with E-state index in [0.717, 1.165) is 0 Å². The highest BCUT2D eigenvalue weighted by Crippen LogP contribution is 2.06. The smallest absolute Gasteiger partial charge is 0.326 e. The van der Waals surface area contributed by atoms with E-state index < -0.39 is 47.9 Å². The minimum Gasteiger partial charge on any atom is -0.480 e. The maximum Gasteiger partial charge on any atom is 0.326 e. The lowest BCUT2D eigenvalue weighted by Gasteiger charge is -2.26. The van der Waals surface area contributed by atoms with Crippen LogP contribution in [0.4, 0.5) is 0 Å². The minimum atomic E-state index is -1.21. The summed E-state index contributed by atoms with van der Waals surface area (Å²) in [6.45, 7) is 8.99. The molecule has 32 heavy (non-hydrogen) atoms. The van der Waals surface area contributed by atoms with E-state index in [-0.39, 0.29) is 30.8 Å². The number of carboxylic acid groups (broad SMARTS) is 1. The summed E-state index contributed by atoms with van der Waals surface area (Å²) in [6, 6.07) is -3.83. The van der Waals surface area contributed by atoms with Gasteiger partial charge in [0.15, 0.2) is 5.96 Å². The number of hydrogen-bond acceptors (Lipinski definition) is 6. The first-order chi connectivity index (χ1) is 14.8. The third kappa shape index (κ3) is 11.5. The highest BCUT2D eigenvalue weighted by Gasteiger charge is 2.30. The van der Waals surface area contributed by atoms with Crippen molar-refractivity contribution in [2.75, 3.05) is 6.54 Å². The third-order valence-electron chi connectivity index (χ3n) is 4.62. The molecule has 0 aliphatic carbocycles. The van der Waals surface area contributed by atoms with Crippen LogP contribution in [0.25, 0.3) is 0 Å². The molecule has 0 aromatic heterocycles. The fraction of sp³-hybridized carbons (Fsp3) is 0.750. The molecule has 0 aromatic carbocycles. The van der Waals surface area contributed by atoms with Gasteiger partial charge in [0.1, 0.15) is 18.1 Å². The van der Waals surface area contributed by atoms with Crippen LogP contribution in [0, 0.1) is 11.8 Å². The Morgan fingerprint density at radius 2 is 1.50 bits per heavy atom. The van der Waals surface area contributed by atoms with Crippen molar-refractivity contribution in [1.29, 1.82) is 0 Å². The van der Waals surface area contributed by atoms with Gasteiger partial charge in [0.05, 0.1) is 6.04 Å². The zero-order valence-corrected chi connectivity index (χ0v) is 19.6. The van der Waals surface area contributed by atoms with Gasteiger partial charge in [0, 0.05) is 6.54 Å². The summed E-state index contributed by atoms with van der Waals surface area (Å²) in [4.78, 5) is 52.6. The number of nitrogens with one attached hydrogen (secondary N) is 3. The number of aliphatic imine (C=N–C) groups is 1. The number of rotatable bonds is 14. The van der Waals surface area contributed by atoms with Gasteiger partial charge in [-0.3, -0.25) is 19.4 Å². The Kier molecular flexibility index (Phi) is 12.9. The van der Waals surface area contributed by atoms with Crippen molar-refractivity contribution in [3.8, 4) is 0 Å². The van der Waals surface area contributed by atoms with Crippen LogP contribution < -0.4 is 33.2 Å². The number of carboxylic acids is 1. The molecule has 0 aliphatic heterocycles. The zero-order chi connectivity index (χ0) is 25.0. The SMILES string of the molecule is CC(C)CC(N)C(=O)NC(C)C(=O)NC(C(=O)NC(CCCN=C(N)N)C(=O)O)C(C)C. The quantitative estimate of drug-likeness (QED) is 0.0935. The molecule has 0 saturated heterocycles. The second-order valence-electron chi connectivity index (χ2n) is 8.54. The fourth-order valence-corrected chi connectivity index (χ4v) is 2.84. The molecule has 10 N–H and O–H groups in total. The summed E-state index contributed by atoms with van der Waals surface area (Å²) in [5.41, 5.74) is 16.3. The van der Waals surface area contributed by atoms with Crippen LogP contribution in [0.2, 0.25) is 0 Å². The van der Waals surface area contributed by atoms with E-state index >= 15 is 0 Å². The van der Waals surface area contributed by atoms with Crippen molar-refractivity contribution in [3.05, 3.63) is 0 Å². The van der Waals surface area contributed by atoms with E-state index in [4.69, 9.17) is 17.2 Å². The number of aliphatic carboxylic acids is 1. The molecule has 0 aromatic rings. The Hall–Kier alpha value is -2.89. The molecular formula is C20H39N7O5. The fourth-order valence-electron chi connectivity index (χ4n) is 2.84. The van der Waals surface area contributed by atoms with Gasteiger partial charge < -0.3 is 38.3 Å². The summed E-state index contributed by atoms with van der Waals surface area (Å²) in [5, 5.41) is 16.9. The van der Waals surface area contributed by atoms with Crippen LogP contribution >= 0.6 is 0 Å². The molecule has 0 spiro atoms. The standard InChI is InChI=1S/C20H39N7O5/c1-10(2)9-13(21)17(29)25-12(5)16(28)27-15(11(3)4)18(30)26-14(19(31)32)7-6-8-24-20(22)23/h10-15H,6-9,21H2,1-5H3,(H,25,29)(H,26,30)(H,27,28)(H,31,32)(H4,22,23,24). The normalized spacial score (nSPS) is 14.8. The van der Waals surface area contributed by atoms with E-state index in [0.29, 0.717) is 12.8 Å². The van der Waals surface area contributed by atoms with Gasteiger partial charge in [0.25, 0.3) is 0 Å². The van der Waals surface area contributed by atoms with Gasteiger partial charge in [0.2, 0.25) is 17.7 Å². The lowest BCUT2D eigenvalue weighted by Crippen LogP contribution is -2.57. The summed E-state index contributed by atoms with van der Waals surface area (Å²) in [6.07, 6.45) is 0.918. The molecule has 3 amide bonds. The monoisotopic (exact) mass is 457 g/mol. The van der Waals surface area contributed by atoms with Crippen molar-refractivity contribution in [1.82, 2.24) is 16.0 Å². The maximum absolute atomic E-state index is 12.7. The molecule has 0 saturated carbocycles. The van der Waals surface area contributed by atoms with Gasteiger partial charge >= 0.3 is 5.97 Å². The Labute approximate surface area is 189 Å². The first-order valence-corrected chi connectivity index (χ1v) is 10.7. The first kappa shape index (κ1) is 29.1. The van der Waals surface area contributed by atoms with E-state index in [1.807, 2.05) is 13.8 Å². The van der Waals surface area contributed by atoms with Crippen LogP contribution in [0.1, 0.15) is 53.9 Å². The maximum atomic E-state index is 12.7. The van der Waals surface area contributed by atoms with Crippen molar-refractivity contribution in [2.24, 2.45) is 34.0 Å². The lowest BCUT2D eigenvalue weighted by atomic mass is 10.0. The number of amides is 3. The molecule has 4 unspecified atom stereocenters. The molecule has 0 heterocycles. The second kappa shape index (κ2) is 14.2. The average molecular weight is 458 g/mol. The second-order valence-corrected chi connectivity index (χ2v) is 8.54. The summed E-state index contributed by atoms with van der Waals surface area (Å²) in [7, 11) is 0. The van der Waals surface area contributed by atoms with Crippen molar-refractivity contribution in [2.45, 2.75) is 78.0 Å². The number of carbonyl (C=O) groups is 4. The van der Waals surface area contributed by atoms with Gasteiger partial charge in [-0.05, 0) is 38.0 Å². The van der Waals surface area contributed by atoms with Crippen LogP contribution in [-0.4, -0.2) is 65.5 Å². The number of nitrogens with two attached hydrogens (primary N) is 3. The third-order valence-corrected chi connectivity index (χ3v) is 4.62. The lowest BCUT2D eigenvalue weighted by molar-refractivity contribution is -0.142. The molecule has 0 fully saturated rings. The molecule has 4 atom stereocenters. The highest BCUT2D eigenvalue weighted by molar-refractivity contribution is 5.94. The van der Waals surface area contributed by atoms with Crippen LogP contribution in [0.5, 0.6) is 0 Å². The Morgan fingerprint density at radius 3 is 1.97 bits per heavy atom. The number of guanidine groups is 1. The van der Waals surface area contributed by atoms with Crippen LogP contribution in [-0.2, 0) is 19.2 Å². The predicted octanol–water partition coefficient (Wildman–Crippen LogP) is -1.37. The van der Waals surface area contributed by atoms with E-state index in [1.54, 1.807) is 13.8 Å². The van der Waals surface area contributed by atoms with Crippen molar-refractivity contribution < 1.29 is 24.3 Å². The molecular weight excluding hydrogens is 418 g/mol. The molecule has 0 aliphatic rings. The van der Waals surface area contributed by atoms with Gasteiger partial charge in [-0.2, -0.15) is 0 Å². The van der Waals surface area contributed by atoms with Gasteiger partial charge in [-0.15, -0.1) is 0 Å². The summed E-state index contributed by atoms with van der Waals surface area (Å²) < 4.78 is 0. The molecule has 12 nitrogen and oxygen atoms in total. The molecule has 0 rings (SSSR count). The average Bonchev–Trinajstić information content (AvgIpc) is 2.66.